The number of hydrogen-bond donors (Lipinski definition) is 1. The lowest BCUT2D eigenvalue weighted by molar-refractivity contribution is 0.0954. The van der Waals surface area contributed by atoms with Gasteiger partial charge in [0.1, 0.15) is 11.5 Å². The lowest BCUT2D eigenvalue weighted by atomic mass is 10.1. The van der Waals surface area contributed by atoms with Crippen LogP contribution < -0.4 is 24.4 Å². The number of hydrogen-bond acceptors (Lipinski definition) is 6. The average molecular weight is 406 g/mol. The fraction of sp³-hybridized carbons (Fsp3) is 0.130. The van der Waals surface area contributed by atoms with Crippen LogP contribution in [0.2, 0.25) is 0 Å². The van der Waals surface area contributed by atoms with Gasteiger partial charge in [0.05, 0.1) is 27.5 Å². The second-order valence-corrected chi connectivity index (χ2v) is 6.10. The Kier molecular flexibility index (Phi) is 6.89. The second-order valence-electron chi connectivity index (χ2n) is 6.10. The Hall–Kier alpha value is -4.00. The predicted octanol–water partition coefficient (Wildman–Crippen LogP) is 4.27. The summed E-state index contributed by atoms with van der Waals surface area (Å²) in [5.41, 5.74) is 3.59. The van der Waals surface area contributed by atoms with Crippen LogP contribution in [0.1, 0.15) is 15.9 Å². The standard InChI is InChI=1S/C23H22N2O5/c1-27-20-13-17(14-21(28-2)22(20)29-3)23(26)25-24-15-16-8-7-11-19(12-16)30-18-9-5-4-6-10-18/h4-15H,1-3H3,(H,25,26)/b24-15-. The summed E-state index contributed by atoms with van der Waals surface area (Å²) in [5, 5.41) is 4.03. The van der Waals surface area contributed by atoms with E-state index >= 15 is 0 Å². The maximum absolute atomic E-state index is 12.5. The maximum atomic E-state index is 12.5. The largest absolute Gasteiger partial charge is 0.493 e. The van der Waals surface area contributed by atoms with Crippen LogP contribution in [0, 0.1) is 0 Å². The highest BCUT2D eigenvalue weighted by Crippen LogP contribution is 2.38. The molecular formula is C23H22N2O5. The molecule has 154 valence electrons. The summed E-state index contributed by atoms with van der Waals surface area (Å²) in [5.74, 6) is 2.18. The van der Waals surface area contributed by atoms with Gasteiger partial charge in [-0.25, -0.2) is 5.43 Å². The van der Waals surface area contributed by atoms with Gasteiger partial charge >= 0.3 is 0 Å². The van der Waals surface area contributed by atoms with Crippen LogP contribution in [0.4, 0.5) is 0 Å². The van der Waals surface area contributed by atoms with E-state index in [2.05, 4.69) is 10.5 Å². The van der Waals surface area contributed by atoms with Gasteiger partial charge in [0.2, 0.25) is 5.75 Å². The molecule has 0 spiro atoms. The topological polar surface area (TPSA) is 78.4 Å². The molecule has 1 amide bonds. The van der Waals surface area contributed by atoms with E-state index < -0.39 is 5.91 Å². The first-order valence-corrected chi connectivity index (χ1v) is 9.11. The molecule has 0 saturated carbocycles. The number of nitrogens with one attached hydrogen (secondary N) is 1. The molecule has 0 radical (unpaired) electrons. The summed E-state index contributed by atoms with van der Waals surface area (Å²) >= 11 is 0. The highest BCUT2D eigenvalue weighted by molar-refractivity contribution is 5.96. The summed E-state index contributed by atoms with van der Waals surface area (Å²) in [7, 11) is 4.48. The van der Waals surface area contributed by atoms with E-state index in [1.54, 1.807) is 12.1 Å². The van der Waals surface area contributed by atoms with Crippen LogP contribution in [-0.2, 0) is 0 Å². The zero-order valence-corrected chi connectivity index (χ0v) is 16.9. The molecule has 0 unspecified atom stereocenters. The Morgan fingerprint density at radius 1 is 0.833 bits per heavy atom. The molecule has 0 aliphatic heterocycles. The quantitative estimate of drug-likeness (QED) is 0.447. The molecule has 30 heavy (non-hydrogen) atoms. The van der Waals surface area contributed by atoms with Gasteiger partial charge in [0.15, 0.2) is 11.5 Å². The van der Waals surface area contributed by atoms with E-state index in [9.17, 15) is 4.79 Å². The van der Waals surface area contributed by atoms with Gasteiger partial charge < -0.3 is 18.9 Å². The predicted molar refractivity (Wildman–Crippen MR) is 114 cm³/mol. The van der Waals surface area contributed by atoms with Crippen molar-refractivity contribution in [2.24, 2.45) is 5.10 Å². The number of rotatable bonds is 8. The molecule has 0 saturated heterocycles. The molecular weight excluding hydrogens is 384 g/mol. The molecule has 3 aromatic rings. The van der Waals surface area contributed by atoms with E-state index in [-0.39, 0.29) is 0 Å². The van der Waals surface area contributed by atoms with E-state index in [0.717, 1.165) is 11.3 Å². The Morgan fingerprint density at radius 3 is 2.13 bits per heavy atom. The minimum atomic E-state index is -0.415. The normalized spacial score (nSPS) is 10.5. The molecule has 0 aromatic heterocycles. The third-order valence-electron chi connectivity index (χ3n) is 4.14. The van der Waals surface area contributed by atoms with Gasteiger partial charge in [-0.05, 0) is 42.0 Å². The zero-order valence-electron chi connectivity index (χ0n) is 16.9. The van der Waals surface area contributed by atoms with E-state index in [0.29, 0.717) is 28.6 Å². The summed E-state index contributed by atoms with van der Waals surface area (Å²) in [6.07, 6.45) is 1.54. The SMILES string of the molecule is COc1cc(C(=O)N/N=C\c2cccc(Oc3ccccc3)c2)cc(OC)c1OC. The molecule has 7 nitrogen and oxygen atoms in total. The Morgan fingerprint density at radius 2 is 1.50 bits per heavy atom. The molecule has 0 atom stereocenters. The Labute approximate surface area is 174 Å². The van der Waals surface area contributed by atoms with Crippen LogP contribution in [0.15, 0.2) is 71.8 Å². The molecule has 0 fully saturated rings. The number of carbonyl (C=O) groups excluding carboxylic acids is 1. The fourth-order valence-electron chi connectivity index (χ4n) is 2.73. The molecule has 0 aliphatic carbocycles. The van der Waals surface area contributed by atoms with Crippen LogP contribution >= 0.6 is 0 Å². The Balaban J connectivity index is 1.69. The highest BCUT2D eigenvalue weighted by Gasteiger charge is 2.16. The summed E-state index contributed by atoms with van der Waals surface area (Å²) in [4.78, 5) is 12.5. The van der Waals surface area contributed by atoms with Crippen molar-refractivity contribution in [2.45, 2.75) is 0 Å². The molecule has 3 aromatic carbocycles. The smallest absolute Gasteiger partial charge is 0.271 e. The van der Waals surface area contributed by atoms with Gasteiger partial charge in [-0.3, -0.25) is 4.79 Å². The minimum Gasteiger partial charge on any atom is -0.493 e. The number of ether oxygens (including phenoxy) is 4. The lowest BCUT2D eigenvalue weighted by Gasteiger charge is -2.13. The highest BCUT2D eigenvalue weighted by atomic mass is 16.5. The molecule has 7 heteroatoms. The van der Waals surface area contributed by atoms with Crippen molar-refractivity contribution in [3.8, 4) is 28.7 Å². The number of benzene rings is 3. The van der Waals surface area contributed by atoms with Crippen LogP contribution in [0.3, 0.4) is 0 Å². The van der Waals surface area contributed by atoms with E-state index in [1.165, 1.54) is 27.5 Å². The molecule has 3 rings (SSSR count). The third kappa shape index (κ3) is 5.08. The van der Waals surface area contributed by atoms with Crippen LogP contribution in [0.5, 0.6) is 28.7 Å². The molecule has 0 aliphatic rings. The molecule has 0 heterocycles. The van der Waals surface area contributed by atoms with Gasteiger partial charge in [-0.15, -0.1) is 0 Å². The summed E-state index contributed by atoms with van der Waals surface area (Å²) in [6.45, 7) is 0. The molecule has 1 N–H and O–H groups in total. The van der Waals surface area contributed by atoms with Crippen molar-refractivity contribution in [3.05, 3.63) is 77.9 Å². The van der Waals surface area contributed by atoms with Crippen molar-refractivity contribution in [1.29, 1.82) is 0 Å². The first-order chi connectivity index (χ1) is 14.6. The zero-order chi connectivity index (χ0) is 21.3. The number of nitrogens with zero attached hydrogens (tertiary/aromatic N) is 1. The summed E-state index contributed by atoms with van der Waals surface area (Å²) in [6, 6.07) is 20.0. The van der Waals surface area contributed by atoms with Gasteiger partial charge in [-0.1, -0.05) is 30.3 Å². The Bertz CT molecular complexity index is 1010. The number of methoxy groups -OCH3 is 3. The second kappa shape index (κ2) is 9.97. The third-order valence-corrected chi connectivity index (χ3v) is 4.14. The first-order valence-electron chi connectivity index (χ1n) is 9.11. The number of para-hydroxylation sites is 1. The van der Waals surface area contributed by atoms with Crippen molar-refractivity contribution >= 4 is 12.1 Å². The van der Waals surface area contributed by atoms with Gasteiger partial charge in [0, 0.05) is 5.56 Å². The number of amides is 1. The number of hydrazone groups is 1. The van der Waals surface area contributed by atoms with Gasteiger partial charge in [-0.2, -0.15) is 5.10 Å². The van der Waals surface area contributed by atoms with Crippen molar-refractivity contribution in [1.82, 2.24) is 5.43 Å². The number of carbonyl (C=O) groups is 1. The maximum Gasteiger partial charge on any atom is 0.271 e. The average Bonchev–Trinajstić information content (AvgIpc) is 2.78. The van der Waals surface area contributed by atoms with Crippen molar-refractivity contribution in [3.63, 3.8) is 0 Å². The van der Waals surface area contributed by atoms with Gasteiger partial charge in [0.25, 0.3) is 5.91 Å². The fourth-order valence-corrected chi connectivity index (χ4v) is 2.73. The first kappa shape index (κ1) is 20.7. The molecule has 0 bridgehead atoms. The van der Waals surface area contributed by atoms with E-state index in [1.807, 2.05) is 54.6 Å². The van der Waals surface area contributed by atoms with Crippen LogP contribution in [0.25, 0.3) is 0 Å². The summed E-state index contributed by atoms with van der Waals surface area (Å²) < 4.78 is 21.6. The van der Waals surface area contributed by atoms with Crippen molar-refractivity contribution in [2.75, 3.05) is 21.3 Å². The lowest BCUT2D eigenvalue weighted by Crippen LogP contribution is -2.18. The van der Waals surface area contributed by atoms with E-state index in [4.69, 9.17) is 18.9 Å². The monoisotopic (exact) mass is 406 g/mol. The van der Waals surface area contributed by atoms with Crippen molar-refractivity contribution < 1.29 is 23.7 Å². The minimum absolute atomic E-state index is 0.322. The van der Waals surface area contributed by atoms with Crippen LogP contribution in [-0.4, -0.2) is 33.5 Å².